The zero-order valence-corrected chi connectivity index (χ0v) is 22.3. The summed E-state index contributed by atoms with van der Waals surface area (Å²) < 4.78 is 25.9. The number of nitrogens with zero attached hydrogens (tertiary/aromatic N) is 7. The molecule has 2 aromatic heterocycles. The van der Waals surface area contributed by atoms with Crippen LogP contribution in [-0.4, -0.2) is 107 Å². The van der Waals surface area contributed by atoms with Gasteiger partial charge in [-0.05, 0) is 32.9 Å². The van der Waals surface area contributed by atoms with Crippen molar-refractivity contribution in [3.8, 4) is 5.88 Å². The largest absolute Gasteiger partial charge is 0.477 e. The average molecular weight is 544 g/mol. The quantitative estimate of drug-likeness (QED) is 0.535. The minimum Gasteiger partial charge on any atom is -0.477 e. The van der Waals surface area contributed by atoms with Gasteiger partial charge in [-0.1, -0.05) is 0 Å². The van der Waals surface area contributed by atoms with Gasteiger partial charge in [-0.2, -0.15) is 4.98 Å². The molecule has 1 saturated carbocycles. The number of hydrogen-bond acceptors (Lipinski definition) is 10. The Balaban J connectivity index is 1.17. The summed E-state index contributed by atoms with van der Waals surface area (Å²) in [6.07, 6.45) is 4.53. The Bertz CT molecular complexity index is 1170. The first kappa shape index (κ1) is 26.8. The number of halogens is 1. The number of hydrogen-bond donors (Lipinski definition) is 2. The van der Waals surface area contributed by atoms with Crippen LogP contribution in [-0.2, 0) is 4.74 Å². The maximum Gasteiger partial charge on any atom is 0.413 e. The summed E-state index contributed by atoms with van der Waals surface area (Å²) in [5, 5.41) is 5.33. The molecular weight excluding hydrogens is 509 g/mol. The molecule has 39 heavy (non-hydrogen) atoms. The first-order valence-electron chi connectivity index (χ1n) is 13.2. The molecule has 0 radical (unpaired) electrons. The SMILES string of the molecule is CCOc1cnc(NC(=O)N(C)[C@H]2CN(c3nccc(NC(=O)O[C@@H]4C[C@@H]5C[C@H]4CN5C)n3)CC[C@H]2F)cn1. The van der Waals surface area contributed by atoms with Crippen molar-refractivity contribution in [1.29, 1.82) is 0 Å². The van der Waals surface area contributed by atoms with Crippen molar-refractivity contribution in [3.05, 3.63) is 24.7 Å². The number of alkyl halides is 1. The molecule has 4 heterocycles. The smallest absolute Gasteiger partial charge is 0.413 e. The molecule has 2 aliphatic heterocycles. The zero-order valence-electron chi connectivity index (χ0n) is 22.3. The van der Waals surface area contributed by atoms with Crippen molar-refractivity contribution in [1.82, 2.24) is 29.7 Å². The Kier molecular flexibility index (Phi) is 7.91. The van der Waals surface area contributed by atoms with Crippen LogP contribution in [0, 0.1) is 5.92 Å². The lowest BCUT2D eigenvalue weighted by molar-refractivity contribution is 0.0585. The van der Waals surface area contributed by atoms with Crippen LogP contribution < -0.4 is 20.3 Å². The van der Waals surface area contributed by atoms with Crippen LogP contribution in [0.2, 0.25) is 0 Å². The second-order valence-corrected chi connectivity index (χ2v) is 10.2. The van der Waals surface area contributed by atoms with E-state index in [0.29, 0.717) is 42.8 Å². The molecule has 0 aromatic carbocycles. The molecule has 0 unspecified atom stereocenters. The number of likely N-dealkylation sites (tertiary alicyclic amines) is 1. The fraction of sp³-hybridized carbons (Fsp3) is 0.600. The summed E-state index contributed by atoms with van der Waals surface area (Å²) in [7, 11) is 3.63. The van der Waals surface area contributed by atoms with E-state index in [-0.39, 0.29) is 24.9 Å². The van der Waals surface area contributed by atoms with E-state index in [0.717, 1.165) is 19.4 Å². The number of fused-ring (bicyclic) bond motifs is 2. The Labute approximate surface area is 226 Å². The van der Waals surface area contributed by atoms with Crippen molar-refractivity contribution >= 4 is 29.7 Å². The van der Waals surface area contributed by atoms with E-state index in [1.807, 2.05) is 6.92 Å². The predicted octanol–water partition coefficient (Wildman–Crippen LogP) is 2.39. The van der Waals surface area contributed by atoms with Gasteiger partial charge >= 0.3 is 12.1 Å². The highest BCUT2D eigenvalue weighted by atomic mass is 19.1. The number of nitrogens with one attached hydrogen (secondary N) is 2. The summed E-state index contributed by atoms with van der Waals surface area (Å²) in [6.45, 7) is 3.76. The second kappa shape index (κ2) is 11.5. The third-order valence-electron chi connectivity index (χ3n) is 7.64. The Morgan fingerprint density at radius 3 is 2.69 bits per heavy atom. The van der Waals surface area contributed by atoms with E-state index < -0.39 is 24.3 Å². The van der Waals surface area contributed by atoms with E-state index in [2.05, 4.69) is 42.5 Å². The monoisotopic (exact) mass is 543 g/mol. The molecule has 14 heteroatoms. The van der Waals surface area contributed by atoms with Gasteiger partial charge in [0.2, 0.25) is 11.8 Å². The number of urea groups is 1. The molecule has 3 aliphatic rings. The number of likely N-dealkylation sites (N-methyl/N-ethyl adjacent to an activating group) is 1. The summed E-state index contributed by atoms with van der Waals surface area (Å²) in [4.78, 5) is 47.7. The van der Waals surface area contributed by atoms with E-state index in [4.69, 9.17) is 9.47 Å². The predicted molar refractivity (Wildman–Crippen MR) is 141 cm³/mol. The van der Waals surface area contributed by atoms with Gasteiger partial charge in [-0.25, -0.2) is 28.9 Å². The molecule has 3 fully saturated rings. The third-order valence-corrected chi connectivity index (χ3v) is 7.64. The van der Waals surface area contributed by atoms with Crippen molar-refractivity contribution in [3.63, 3.8) is 0 Å². The van der Waals surface area contributed by atoms with Gasteiger partial charge in [-0.15, -0.1) is 0 Å². The Hall–Kier alpha value is -3.81. The molecule has 2 aromatic rings. The lowest BCUT2D eigenvalue weighted by atomic mass is 10.0. The van der Waals surface area contributed by atoms with Gasteiger partial charge in [0.25, 0.3) is 0 Å². The molecule has 1 aliphatic carbocycles. The van der Waals surface area contributed by atoms with Gasteiger partial charge in [0.15, 0.2) is 5.82 Å². The van der Waals surface area contributed by atoms with Crippen LogP contribution >= 0.6 is 0 Å². The molecule has 0 spiro atoms. The van der Waals surface area contributed by atoms with E-state index in [9.17, 15) is 14.0 Å². The minimum atomic E-state index is -1.24. The number of carbonyl (C=O) groups excluding carboxylic acids is 2. The number of piperidine rings is 2. The van der Waals surface area contributed by atoms with Crippen LogP contribution in [0.25, 0.3) is 0 Å². The topological polar surface area (TPSA) is 138 Å². The molecule has 2 bridgehead atoms. The molecular formula is C25H34FN9O4. The Morgan fingerprint density at radius 1 is 1.15 bits per heavy atom. The number of rotatable bonds is 7. The standard InChI is InChI=1S/C25H34FN9O4/c1-4-38-22-12-28-21(11-29-22)31-24(36)34(3)18-14-35(8-6-17(18)26)23-27-7-5-20(30-23)32-25(37)39-19-10-16-9-15(19)13-33(16)2/h5,7,11-12,15-19H,4,6,8-10,13-14H2,1-3H3,(H,28,31,36)(H,27,30,32,37)/t15-,16-,17+,18-,19+/m0/s1. The van der Waals surface area contributed by atoms with Gasteiger partial charge in [0.1, 0.15) is 18.1 Å². The normalized spacial score (nSPS) is 26.3. The fourth-order valence-electron chi connectivity index (χ4n) is 5.52. The third kappa shape index (κ3) is 6.10. The molecule has 5 rings (SSSR count). The van der Waals surface area contributed by atoms with Crippen molar-refractivity contribution < 1.29 is 23.5 Å². The highest BCUT2D eigenvalue weighted by Crippen LogP contribution is 2.38. The van der Waals surface area contributed by atoms with Gasteiger partial charge in [0, 0.05) is 51.3 Å². The van der Waals surface area contributed by atoms with Crippen LogP contribution in [0.4, 0.5) is 31.6 Å². The fourth-order valence-corrected chi connectivity index (χ4v) is 5.52. The Morgan fingerprint density at radius 2 is 2.00 bits per heavy atom. The van der Waals surface area contributed by atoms with Crippen molar-refractivity contribution in [2.45, 2.75) is 50.5 Å². The molecule has 2 N–H and O–H groups in total. The van der Waals surface area contributed by atoms with Gasteiger partial charge in [0.05, 0.1) is 25.0 Å². The molecule has 5 atom stereocenters. The molecule has 13 nitrogen and oxygen atoms in total. The lowest BCUT2D eigenvalue weighted by Gasteiger charge is -2.39. The van der Waals surface area contributed by atoms with E-state index >= 15 is 0 Å². The number of ether oxygens (including phenoxy) is 2. The van der Waals surface area contributed by atoms with Crippen LogP contribution in [0.1, 0.15) is 26.2 Å². The molecule has 3 amide bonds. The minimum absolute atomic E-state index is 0.0906. The number of carbonyl (C=O) groups is 2. The summed E-state index contributed by atoms with van der Waals surface area (Å²) >= 11 is 0. The van der Waals surface area contributed by atoms with Crippen LogP contribution in [0.3, 0.4) is 0 Å². The molecule has 210 valence electrons. The second-order valence-electron chi connectivity index (χ2n) is 10.2. The first-order chi connectivity index (χ1) is 18.8. The summed E-state index contributed by atoms with van der Waals surface area (Å²) in [5.74, 6) is 1.56. The van der Waals surface area contributed by atoms with Crippen molar-refractivity contribution in [2.24, 2.45) is 5.92 Å². The van der Waals surface area contributed by atoms with Crippen LogP contribution in [0.5, 0.6) is 5.88 Å². The van der Waals surface area contributed by atoms with E-state index in [1.165, 1.54) is 30.5 Å². The first-order valence-corrected chi connectivity index (χ1v) is 13.2. The van der Waals surface area contributed by atoms with Gasteiger partial charge in [-0.3, -0.25) is 10.6 Å². The van der Waals surface area contributed by atoms with E-state index in [1.54, 1.807) is 11.0 Å². The number of anilines is 3. The number of amides is 3. The molecule has 2 saturated heterocycles. The maximum atomic E-state index is 14.9. The van der Waals surface area contributed by atoms with Crippen molar-refractivity contribution in [2.75, 3.05) is 55.9 Å². The lowest BCUT2D eigenvalue weighted by Crippen LogP contribution is -2.55. The maximum absolute atomic E-state index is 14.9. The van der Waals surface area contributed by atoms with Crippen LogP contribution in [0.15, 0.2) is 24.7 Å². The highest BCUT2D eigenvalue weighted by Gasteiger charge is 2.45. The average Bonchev–Trinajstić information content (AvgIpc) is 3.49. The highest BCUT2D eigenvalue weighted by molar-refractivity contribution is 5.88. The van der Waals surface area contributed by atoms with Gasteiger partial charge < -0.3 is 24.2 Å². The summed E-state index contributed by atoms with van der Waals surface area (Å²) in [6, 6.07) is 0.777. The zero-order chi connectivity index (χ0) is 27.5. The summed E-state index contributed by atoms with van der Waals surface area (Å²) in [5.41, 5.74) is 0. The number of aromatic nitrogens is 4.